The zero-order chi connectivity index (χ0) is 19.0. The molecule has 0 nitrogen and oxygen atoms in total. The first-order valence-corrected chi connectivity index (χ1v) is 10.8. The zero-order valence-electron chi connectivity index (χ0n) is 15.4. The van der Waals surface area contributed by atoms with Gasteiger partial charge in [0.05, 0.1) is 4.24 Å². The molecule has 0 N–H and O–H groups in total. The number of benzene rings is 4. The van der Waals surface area contributed by atoms with Gasteiger partial charge in [0.25, 0.3) is 0 Å². The average Bonchev–Trinajstić information content (AvgIpc) is 2.77. The predicted octanol–water partition coefficient (Wildman–Crippen LogP) is 7.99. The average molecular weight is 397 g/mol. The van der Waals surface area contributed by atoms with Crippen LogP contribution in [0.3, 0.4) is 0 Å². The van der Waals surface area contributed by atoms with E-state index in [1.54, 1.807) is 0 Å². The Morgan fingerprint density at radius 2 is 0.714 bits per heavy atom. The van der Waals surface area contributed by atoms with E-state index in [2.05, 4.69) is 121 Å². The highest BCUT2D eigenvalue weighted by Gasteiger charge is 2.15. The van der Waals surface area contributed by atoms with E-state index in [9.17, 15) is 0 Å². The summed E-state index contributed by atoms with van der Waals surface area (Å²) in [5, 5.41) is 0. The highest BCUT2D eigenvalue weighted by atomic mass is 32.2. The first kappa shape index (κ1) is 18.7. The van der Waals surface area contributed by atoms with Crippen molar-refractivity contribution in [2.75, 3.05) is 0 Å². The Labute approximate surface area is 175 Å². The molecular weight excluding hydrogens is 376 g/mol. The van der Waals surface area contributed by atoms with Gasteiger partial charge in [-0.15, -0.1) is 0 Å². The Kier molecular flexibility index (Phi) is 6.33. The maximum Gasteiger partial charge on any atom is 0.0583 e. The van der Waals surface area contributed by atoms with E-state index in [-0.39, 0.29) is 0 Å². The second-order valence-electron chi connectivity index (χ2n) is 6.22. The Bertz CT molecular complexity index is 940. The van der Waals surface area contributed by atoms with Crippen LogP contribution < -0.4 is 0 Å². The minimum absolute atomic E-state index is 1.23. The molecule has 4 aromatic carbocycles. The van der Waals surface area contributed by atoms with Crippen LogP contribution in [0.4, 0.5) is 0 Å². The van der Waals surface area contributed by atoms with Crippen molar-refractivity contribution in [3.05, 3.63) is 137 Å². The van der Waals surface area contributed by atoms with Crippen molar-refractivity contribution >= 4 is 29.1 Å². The van der Waals surface area contributed by atoms with Gasteiger partial charge in [-0.2, -0.15) is 0 Å². The van der Waals surface area contributed by atoms with Crippen LogP contribution in [0, 0.1) is 0 Å². The summed E-state index contributed by atoms with van der Waals surface area (Å²) in [6.45, 7) is 0. The van der Waals surface area contributed by atoms with Gasteiger partial charge in [0.2, 0.25) is 0 Å². The van der Waals surface area contributed by atoms with Crippen molar-refractivity contribution in [3.63, 3.8) is 0 Å². The maximum atomic E-state index is 2.19. The van der Waals surface area contributed by atoms with Crippen LogP contribution in [0.25, 0.3) is 5.57 Å². The smallest absolute Gasteiger partial charge is 0.0583 e. The largest absolute Gasteiger partial charge is 0.0820 e. The summed E-state index contributed by atoms with van der Waals surface area (Å²) in [4.78, 5) is 2.48. The molecule has 0 saturated carbocycles. The molecule has 0 atom stereocenters. The first-order chi connectivity index (χ1) is 13.9. The minimum atomic E-state index is 1.23. The SMILES string of the molecule is c1ccc(SC(Sc2ccccc2)=C(c2ccccc2)c2ccccc2)cc1. The van der Waals surface area contributed by atoms with Gasteiger partial charge in [-0.05, 0) is 35.4 Å². The van der Waals surface area contributed by atoms with Crippen LogP contribution in [-0.2, 0) is 0 Å². The van der Waals surface area contributed by atoms with Crippen molar-refractivity contribution in [2.45, 2.75) is 9.79 Å². The lowest BCUT2D eigenvalue weighted by molar-refractivity contribution is 1.46. The Morgan fingerprint density at radius 3 is 1.07 bits per heavy atom. The van der Waals surface area contributed by atoms with E-state index in [1.807, 2.05) is 23.5 Å². The quantitative estimate of drug-likeness (QED) is 0.303. The Balaban J connectivity index is 1.88. The van der Waals surface area contributed by atoms with Crippen LogP contribution in [-0.4, -0.2) is 0 Å². The number of thioether (sulfide) groups is 2. The number of hydrogen-bond acceptors (Lipinski definition) is 2. The van der Waals surface area contributed by atoms with E-state index in [0.717, 1.165) is 0 Å². The molecule has 0 saturated heterocycles. The topological polar surface area (TPSA) is 0 Å². The van der Waals surface area contributed by atoms with Crippen molar-refractivity contribution in [1.29, 1.82) is 0 Å². The summed E-state index contributed by atoms with van der Waals surface area (Å²) in [7, 11) is 0. The second-order valence-corrected chi connectivity index (χ2v) is 8.65. The van der Waals surface area contributed by atoms with Crippen molar-refractivity contribution in [2.24, 2.45) is 0 Å². The fourth-order valence-electron chi connectivity index (χ4n) is 2.93. The lowest BCUT2D eigenvalue weighted by Crippen LogP contribution is -1.91. The monoisotopic (exact) mass is 396 g/mol. The first-order valence-electron chi connectivity index (χ1n) is 9.21. The third-order valence-electron chi connectivity index (χ3n) is 4.24. The number of rotatable bonds is 6. The third kappa shape index (κ3) is 4.78. The molecule has 0 amide bonds. The van der Waals surface area contributed by atoms with E-state index in [0.29, 0.717) is 0 Å². The van der Waals surface area contributed by atoms with Crippen LogP contribution >= 0.6 is 23.5 Å². The predicted molar refractivity (Wildman–Crippen MR) is 124 cm³/mol. The standard InChI is InChI=1S/C26H20S2/c1-5-13-21(14-6-1)25(22-15-7-2-8-16-22)26(27-23-17-9-3-10-18-23)28-24-19-11-4-12-20-24/h1-20H. The molecule has 0 unspecified atom stereocenters. The molecule has 136 valence electrons. The van der Waals surface area contributed by atoms with Gasteiger partial charge in [0.1, 0.15) is 0 Å². The molecule has 0 fully saturated rings. The van der Waals surface area contributed by atoms with Gasteiger partial charge in [0, 0.05) is 15.4 Å². The summed E-state index contributed by atoms with van der Waals surface area (Å²) >= 11 is 3.65. The van der Waals surface area contributed by atoms with Crippen LogP contribution in [0.5, 0.6) is 0 Å². The Morgan fingerprint density at radius 1 is 0.393 bits per heavy atom. The molecule has 0 aliphatic carbocycles. The summed E-state index contributed by atoms with van der Waals surface area (Å²) in [5.74, 6) is 0. The maximum absolute atomic E-state index is 2.19. The summed E-state index contributed by atoms with van der Waals surface area (Å²) in [5.41, 5.74) is 3.73. The van der Waals surface area contributed by atoms with Gasteiger partial charge < -0.3 is 0 Å². The molecule has 0 radical (unpaired) electrons. The fourth-order valence-corrected chi connectivity index (χ4v) is 5.36. The van der Waals surface area contributed by atoms with Crippen LogP contribution in [0.2, 0.25) is 0 Å². The lowest BCUT2D eigenvalue weighted by Gasteiger charge is -2.16. The lowest BCUT2D eigenvalue weighted by atomic mass is 10.00. The molecule has 0 bridgehead atoms. The fraction of sp³-hybridized carbons (Fsp3) is 0. The van der Waals surface area contributed by atoms with Crippen molar-refractivity contribution in [1.82, 2.24) is 0 Å². The van der Waals surface area contributed by atoms with E-state index in [1.165, 1.54) is 30.7 Å². The molecule has 28 heavy (non-hydrogen) atoms. The Hall–Kier alpha value is -2.68. The molecule has 2 heteroatoms. The van der Waals surface area contributed by atoms with Gasteiger partial charge in [0.15, 0.2) is 0 Å². The molecule has 0 spiro atoms. The second kappa shape index (κ2) is 9.50. The molecule has 0 heterocycles. The minimum Gasteiger partial charge on any atom is -0.0820 e. The summed E-state index contributed by atoms with van der Waals surface area (Å²) in [6, 6.07) is 42.5. The summed E-state index contributed by atoms with van der Waals surface area (Å²) < 4.78 is 1.27. The van der Waals surface area contributed by atoms with E-state index < -0.39 is 0 Å². The molecule has 0 aliphatic rings. The molecule has 4 aromatic rings. The molecule has 4 rings (SSSR count). The van der Waals surface area contributed by atoms with Crippen LogP contribution in [0.15, 0.2) is 135 Å². The summed E-state index contributed by atoms with van der Waals surface area (Å²) in [6.07, 6.45) is 0. The molecule has 0 aromatic heterocycles. The van der Waals surface area contributed by atoms with Gasteiger partial charge in [-0.3, -0.25) is 0 Å². The zero-order valence-corrected chi connectivity index (χ0v) is 17.0. The van der Waals surface area contributed by atoms with Gasteiger partial charge in [-0.1, -0.05) is 121 Å². The number of hydrogen-bond donors (Lipinski definition) is 0. The highest BCUT2D eigenvalue weighted by Crippen LogP contribution is 2.45. The normalized spacial score (nSPS) is 10.4. The van der Waals surface area contributed by atoms with Gasteiger partial charge >= 0.3 is 0 Å². The molecule has 0 aliphatic heterocycles. The molecular formula is C26H20S2. The van der Waals surface area contributed by atoms with Gasteiger partial charge in [-0.25, -0.2) is 0 Å². The van der Waals surface area contributed by atoms with Crippen molar-refractivity contribution in [3.8, 4) is 0 Å². The van der Waals surface area contributed by atoms with Crippen LogP contribution in [0.1, 0.15) is 11.1 Å². The highest BCUT2D eigenvalue weighted by molar-refractivity contribution is 8.22. The van der Waals surface area contributed by atoms with E-state index >= 15 is 0 Å². The third-order valence-corrected chi connectivity index (χ3v) is 6.53. The van der Waals surface area contributed by atoms with Crippen molar-refractivity contribution < 1.29 is 0 Å². The van der Waals surface area contributed by atoms with E-state index in [4.69, 9.17) is 0 Å².